The van der Waals surface area contributed by atoms with E-state index in [0.717, 1.165) is 44.6 Å². The summed E-state index contributed by atoms with van der Waals surface area (Å²) in [5.74, 6) is 0. The maximum Gasteiger partial charge on any atom is 0.137 e. The molecule has 1 aromatic heterocycles. The number of fused-ring (bicyclic) bond motifs is 9. The van der Waals surface area contributed by atoms with Gasteiger partial charge in [0.05, 0.1) is 11.1 Å². The summed E-state index contributed by atoms with van der Waals surface area (Å²) in [5.41, 5.74) is 12.1. The van der Waals surface area contributed by atoms with Crippen LogP contribution in [-0.4, -0.2) is 0 Å². The second kappa shape index (κ2) is 13.9. The highest BCUT2D eigenvalue weighted by molar-refractivity contribution is 6.14. The van der Waals surface area contributed by atoms with Gasteiger partial charge in [0.15, 0.2) is 0 Å². The Morgan fingerprint density at radius 1 is 0.267 bits per heavy atom. The minimum Gasteiger partial charge on any atom is -0.456 e. The van der Waals surface area contributed by atoms with E-state index in [0.29, 0.717) is 0 Å². The van der Waals surface area contributed by atoms with Crippen LogP contribution >= 0.6 is 0 Å². The molecule has 0 saturated heterocycles. The van der Waals surface area contributed by atoms with Crippen LogP contribution in [0.2, 0.25) is 0 Å². The van der Waals surface area contributed by atoms with Crippen molar-refractivity contribution in [3.8, 4) is 33.4 Å². The van der Waals surface area contributed by atoms with Gasteiger partial charge >= 0.3 is 0 Å². The van der Waals surface area contributed by atoms with Crippen LogP contribution < -0.4 is 4.90 Å². The van der Waals surface area contributed by atoms with Gasteiger partial charge in [-0.1, -0.05) is 170 Å². The molecule has 0 spiro atoms. The van der Waals surface area contributed by atoms with Crippen LogP contribution in [0.3, 0.4) is 0 Å². The van der Waals surface area contributed by atoms with Crippen molar-refractivity contribution < 1.29 is 4.42 Å². The first-order chi connectivity index (χ1) is 29.7. The number of furan rings is 1. The summed E-state index contributed by atoms with van der Waals surface area (Å²) in [6.45, 7) is 0. The van der Waals surface area contributed by atoms with E-state index < -0.39 is 0 Å². The summed E-state index contributed by atoms with van der Waals surface area (Å²) in [4.78, 5) is 2.37. The number of para-hydroxylation sites is 1. The largest absolute Gasteiger partial charge is 0.456 e. The number of anilines is 3. The van der Waals surface area contributed by atoms with Gasteiger partial charge < -0.3 is 9.32 Å². The lowest BCUT2D eigenvalue weighted by Gasteiger charge is -2.27. The number of hydrogen-bond acceptors (Lipinski definition) is 2. The second-order valence-electron chi connectivity index (χ2n) is 15.7. The first kappa shape index (κ1) is 34.1. The zero-order valence-electron chi connectivity index (χ0n) is 32.7. The van der Waals surface area contributed by atoms with E-state index in [1.807, 2.05) is 6.07 Å². The van der Waals surface area contributed by atoms with Gasteiger partial charge in [-0.25, -0.2) is 0 Å². The third-order valence-electron chi connectivity index (χ3n) is 12.2. The SMILES string of the molecule is c1cc(-c2ccc3c(ccc4ccccc43)c2)cc(N(c2ccc(-c3ccc(-c4ccc5c(ccc6ccccc65)c4)cc3)cc2)c2cccc3oc4ccccc4c23)c1. The molecule has 0 aliphatic heterocycles. The standard InChI is InChI=1S/C58H37NO/c1-3-13-50-41(9-1)23-25-46-35-44(29-33-52(46)50)40-21-19-38(20-22-40)39-27-31-48(32-28-39)59(55-16-8-18-57-58(55)54-15-5-6-17-56(54)60-57)49-12-7-11-43(37-49)45-30-34-53-47(36-45)26-24-42-10-2-4-14-51(42)53/h1-37H. The number of benzene rings is 11. The Morgan fingerprint density at radius 3 is 1.40 bits per heavy atom. The molecule has 12 rings (SSSR count). The number of nitrogens with zero attached hydrogens (tertiary/aromatic N) is 1. The van der Waals surface area contributed by atoms with E-state index in [1.165, 1.54) is 70.9 Å². The van der Waals surface area contributed by atoms with Crippen molar-refractivity contribution in [3.63, 3.8) is 0 Å². The van der Waals surface area contributed by atoms with Crippen LogP contribution in [0.5, 0.6) is 0 Å². The normalized spacial score (nSPS) is 11.7. The number of hydrogen-bond donors (Lipinski definition) is 0. The van der Waals surface area contributed by atoms with Crippen molar-refractivity contribution in [1.82, 2.24) is 0 Å². The molecule has 0 fully saturated rings. The molecule has 0 N–H and O–H groups in total. The molecule has 0 aliphatic carbocycles. The minimum absolute atomic E-state index is 0.869. The molecule has 2 heteroatoms. The van der Waals surface area contributed by atoms with Gasteiger partial charge in [-0.2, -0.15) is 0 Å². The first-order valence-electron chi connectivity index (χ1n) is 20.6. The highest BCUT2D eigenvalue weighted by atomic mass is 16.3. The Morgan fingerprint density at radius 2 is 0.733 bits per heavy atom. The van der Waals surface area contributed by atoms with E-state index in [9.17, 15) is 0 Å². The summed E-state index contributed by atoms with van der Waals surface area (Å²) >= 11 is 0. The van der Waals surface area contributed by atoms with Crippen LogP contribution in [-0.2, 0) is 0 Å². The first-order valence-corrected chi connectivity index (χ1v) is 20.6. The van der Waals surface area contributed by atoms with Crippen LogP contribution in [0.25, 0.3) is 98.4 Å². The Bertz CT molecular complexity index is 3600. The third-order valence-corrected chi connectivity index (χ3v) is 12.2. The molecule has 60 heavy (non-hydrogen) atoms. The van der Waals surface area contributed by atoms with Gasteiger partial charge in [0.25, 0.3) is 0 Å². The Hall–Kier alpha value is -7.94. The fourth-order valence-electron chi connectivity index (χ4n) is 9.24. The van der Waals surface area contributed by atoms with Gasteiger partial charge in [-0.3, -0.25) is 0 Å². The van der Waals surface area contributed by atoms with Crippen molar-refractivity contribution in [2.45, 2.75) is 0 Å². The maximum absolute atomic E-state index is 6.41. The Balaban J connectivity index is 0.926. The molecule has 0 atom stereocenters. The van der Waals surface area contributed by atoms with Gasteiger partial charge in [-0.15, -0.1) is 0 Å². The predicted molar refractivity (Wildman–Crippen MR) is 255 cm³/mol. The molecule has 280 valence electrons. The summed E-state index contributed by atoms with van der Waals surface area (Å²) in [7, 11) is 0. The fourth-order valence-corrected chi connectivity index (χ4v) is 9.24. The lowest BCUT2D eigenvalue weighted by Crippen LogP contribution is -2.10. The maximum atomic E-state index is 6.41. The lowest BCUT2D eigenvalue weighted by atomic mass is 9.96. The van der Waals surface area contributed by atoms with Gasteiger partial charge in [0, 0.05) is 16.8 Å². The highest BCUT2D eigenvalue weighted by Crippen LogP contribution is 2.44. The third kappa shape index (κ3) is 5.73. The topological polar surface area (TPSA) is 16.4 Å². The smallest absolute Gasteiger partial charge is 0.137 e. The quantitative estimate of drug-likeness (QED) is 0.157. The van der Waals surface area contributed by atoms with Gasteiger partial charge in [0.1, 0.15) is 11.2 Å². The van der Waals surface area contributed by atoms with Crippen molar-refractivity contribution in [3.05, 3.63) is 224 Å². The van der Waals surface area contributed by atoms with Crippen LogP contribution in [0, 0.1) is 0 Å². The summed E-state index contributed by atoms with van der Waals surface area (Å²) in [6, 6.07) is 81.3. The molecule has 0 aliphatic rings. The van der Waals surface area contributed by atoms with E-state index in [4.69, 9.17) is 4.42 Å². The van der Waals surface area contributed by atoms with Crippen molar-refractivity contribution >= 4 is 82.1 Å². The highest BCUT2D eigenvalue weighted by Gasteiger charge is 2.20. The van der Waals surface area contributed by atoms with Crippen LogP contribution in [0.1, 0.15) is 0 Å². The molecule has 1 heterocycles. The molecular formula is C58H37NO. The lowest BCUT2D eigenvalue weighted by molar-refractivity contribution is 0.669. The van der Waals surface area contributed by atoms with E-state index >= 15 is 0 Å². The summed E-state index contributed by atoms with van der Waals surface area (Å²) in [6.07, 6.45) is 0. The van der Waals surface area contributed by atoms with Crippen molar-refractivity contribution in [2.24, 2.45) is 0 Å². The van der Waals surface area contributed by atoms with Gasteiger partial charge in [0.2, 0.25) is 0 Å². The minimum atomic E-state index is 0.869. The molecule has 11 aromatic carbocycles. The second-order valence-corrected chi connectivity index (χ2v) is 15.7. The Labute approximate surface area is 347 Å². The summed E-state index contributed by atoms with van der Waals surface area (Å²) < 4.78 is 6.41. The van der Waals surface area contributed by atoms with Crippen LogP contribution in [0.4, 0.5) is 17.1 Å². The molecule has 0 amide bonds. The van der Waals surface area contributed by atoms with E-state index in [-0.39, 0.29) is 0 Å². The molecule has 0 unspecified atom stereocenters. The Kier molecular flexibility index (Phi) is 7.89. The van der Waals surface area contributed by atoms with Crippen molar-refractivity contribution in [1.29, 1.82) is 0 Å². The number of rotatable bonds is 6. The molecule has 2 nitrogen and oxygen atoms in total. The molecule has 0 bridgehead atoms. The predicted octanol–water partition coefficient (Wildman–Crippen LogP) is 16.7. The van der Waals surface area contributed by atoms with Gasteiger partial charge in [-0.05, 0) is 131 Å². The van der Waals surface area contributed by atoms with Crippen LogP contribution in [0.15, 0.2) is 229 Å². The summed E-state index contributed by atoms with van der Waals surface area (Å²) in [5, 5.41) is 12.3. The van der Waals surface area contributed by atoms with E-state index in [2.05, 4.69) is 223 Å². The average molecular weight is 764 g/mol. The van der Waals surface area contributed by atoms with Crippen molar-refractivity contribution in [2.75, 3.05) is 4.90 Å². The molecule has 0 radical (unpaired) electrons. The fraction of sp³-hybridized carbons (Fsp3) is 0. The molecule has 12 aromatic rings. The average Bonchev–Trinajstić information content (AvgIpc) is 3.71. The van der Waals surface area contributed by atoms with E-state index in [1.54, 1.807) is 0 Å². The monoisotopic (exact) mass is 763 g/mol. The molecular weight excluding hydrogens is 727 g/mol. The molecule has 0 saturated carbocycles. The zero-order valence-corrected chi connectivity index (χ0v) is 32.7. The zero-order chi connectivity index (χ0) is 39.6.